The summed E-state index contributed by atoms with van der Waals surface area (Å²) in [5, 5.41) is 3.50. The second-order valence-electron chi connectivity index (χ2n) is 3.10. The van der Waals surface area contributed by atoms with Crippen LogP contribution in [0.2, 0.25) is 0 Å². The zero-order valence-corrected chi connectivity index (χ0v) is 8.52. The minimum atomic E-state index is -0.612. The zero-order chi connectivity index (χ0) is 11.5. The van der Waals surface area contributed by atoms with Gasteiger partial charge in [-0.2, -0.15) is 0 Å². The first-order valence-corrected chi connectivity index (χ1v) is 4.58. The molecule has 1 heterocycles. The number of ether oxygens (including phenoxy) is 1. The van der Waals surface area contributed by atoms with Crippen LogP contribution >= 0.6 is 0 Å². The summed E-state index contributed by atoms with van der Waals surface area (Å²) >= 11 is 0. The van der Waals surface area contributed by atoms with E-state index in [-0.39, 0.29) is 0 Å². The molecule has 1 amide bonds. The van der Waals surface area contributed by atoms with Gasteiger partial charge in [-0.25, -0.2) is 9.59 Å². The quantitative estimate of drug-likeness (QED) is 0.796. The van der Waals surface area contributed by atoms with Crippen molar-refractivity contribution in [3.05, 3.63) is 40.9 Å². The van der Waals surface area contributed by atoms with Crippen LogP contribution < -0.4 is 10.9 Å². The predicted molar refractivity (Wildman–Crippen MR) is 58.5 cm³/mol. The van der Waals surface area contributed by atoms with Crippen LogP contribution in [0.25, 0.3) is 10.8 Å². The fourth-order valence-corrected chi connectivity index (χ4v) is 1.39. The van der Waals surface area contributed by atoms with E-state index in [1.165, 1.54) is 13.4 Å². The summed E-state index contributed by atoms with van der Waals surface area (Å²) in [6.45, 7) is 0. The van der Waals surface area contributed by atoms with Gasteiger partial charge in [-0.15, -0.1) is 0 Å². The van der Waals surface area contributed by atoms with E-state index in [0.29, 0.717) is 16.5 Å². The van der Waals surface area contributed by atoms with E-state index in [1.54, 1.807) is 24.3 Å². The van der Waals surface area contributed by atoms with E-state index in [2.05, 4.69) is 10.1 Å². The monoisotopic (exact) mass is 219 g/mol. The Bertz CT molecular complexity index is 588. The molecule has 0 fully saturated rings. The number of nitrogens with one attached hydrogen (secondary N) is 1. The summed E-state index contributed by atoms with van der Waals surface area (Å²) in [4.78, 5) is 22.4. The number of methoxy groups -OCH3 is 1. The largest absolute Gasteiger partial charge is 0.453 e. The highest BCUT2D eigenvalue weighted by atomic mass is 16.5. The van der Waals surface area contributed by atoms with Gasteiger partial charge in [0, 0.05) is 5.39 Å². The van der Waals surface area contributed by atoms with Crippen LogP contribution in [-0.4, -0.2) is 13.2 Å². The van der Waals surface area contributed by atoms with E-state index >= 15 is 0 Å². The maximum absolute atomic E-state index is 11.4. The Morgan fingerprint density at radius 3 is 2.69 bits per heavy atom. The summed E-state index contributed by atoms with van der Waals surface area (Å²) in [5.41, 5.74) is -0.0342. The second kappa shape index (κ2) is 4.06. The molecule has 0 saturated carbocycles. The molecule has 5 heteroatoms. The molecule has 1 N–H and O–H groups in total. The molecule has 1 aromatic carbocycles. The molecule has 0 atom stereocenters. The lowest BCUT2D eigenvalue weighted by atomic mass is 10.1. The van der Waals surface area contributed by atoms with E-state index < -0.39 is 11.7 Å². The first kappa shape index (κ1) is 10.2. The number of benzene rings is 1. The third-order valence-corrected chi connectivity index (χ3v) is 2.14. The van der Waals surface area contributed by atoms with Crippen LogP contribution in [0, 0.1) is 0 Å². The molecule has 0 aliphatic heterocycles. The number of hydrogen-bond donors (Lipinski definition) is 1. The van der Waals surface area contributed by atoms with Crippen LogP contribution in [0.1, 0.15) is 0 Å². The molecule has 5 nitrogen and oxygen atoms in total. The molecule has 0 unspecified atom stereocenters. The lowest BCUT2D eigenvalue weighted by molar-refractivity contribution is 0.187. The molecule has 0 spiro atoms. The first-order chi connectivity index (χ1) is 7.72. The van der Waals surface area contributed by atoms with Gasteiger partial charge in [0.15, 0.2) is 0 Å². The summed E-state index contributed by atoms with van der Waals surface area (Å²) in [6, 6.07) is 6.84. The van der Waals surface area contributed by atoms with E-state index in [4.69, 9.17) is 4.42 Å². The fourth-order valence-electron chi connectivity index (χ4n) is 1.39. The van der Waals surface area contributed by atoms with Crippen molar-refractivity contribution >= 4 is 22.6 Å². The van der Waals surface area contributed by atoms with Crippen molar-refractivity contribution in [3.8, 4) is 0 Å². The first-order valence-electron chi connectivity index (χ1n) is 4.58. The minimum Gasteiger partial charge on any atom is -0.453 e. The van der Waals surface area contributed by atoms with Crippen LogP contribution in [-0.2, 0) is 4.74 Å². The molecule has 82 valence electrons. The lowest BCUT2D eigenvalue weighted by Crippen LogP contribution is -2.12. The topological polar surface area (TPSA) is 68.5 Å². The number of amides is 1. The van der Waals surface area contributed by atoms with E-state index in [1.807, 2.05) is 0 Å². The number of carbonyl (C=O) groups excluding carboxylic acids is 1. The Hall–Kier alpha value is -2.30. The Kier molecular flexibility index (Phi) is 2.59. The molecule has 2 rings (SSSR count). The Labute approximate surface area is 90.6 Å². The third kappa shape index (κ3) is 1.75. The van der Waals surface area contributed by atoms with E-state index in [0.717, 1.165) is 0 Å². The number of rotatable bonds is 1. The summed E-state index contributed by atoms with van der Waals surface area (Å²) in [7, 11) is 1.26. The normalized spacial score (nSPS) is 10.1. The zero-order valence-electron chi connectivity index (χ0n) is 8.52. The second-order valence-corrected chi connectivity index (χ2v) is 3.10. The summed E-state index contributed by atoms with van der Waals surface area (Å²) in [5.74, 6) is 0. The Morgan fingerprint density at radius 2 is 2.00 bits per heavy atom. The average Bonchev–Trinajstić information content (AvgIpc) is 2.33. The molecule has 1 aromatic heterocycles. The minimum absolute atomic E-state index is 0.405. The average molecular weight is 219 g/mol. The fraction of sp³-hybridized carbons (Fsp3) is 0.0909. The smallest absolute Gasteiger partial charge is 0.411 e. The molecule has 0 radical (unpaired) electrons. The van der Waals surface area contributed by atoms with Gasteiger partial charge in [-0.3, -0.25) is 5.32 Å². The van der Waals surface area contributed by atoms with Crippen LogP contribution in [0.15, 0.2) is 39.7 Å². The number of hydrogen-bond acceptors (Lipinski definition) is 4. The Balaban J connectivity index is 2.59. The summed E-state index contributed by atoms with van der Waals surface area (Å²) in [6.07, 6.45) is 0.584. The SMILES string of the molecule is COC(=O)Nc1coc(=O)c2ccccc12. The molecular weight excluding hydrogens is 210 g/mol. The molecule has 0 aliphatic carbocycles. The van der Waals surface area contributed by atoms with Crippen LogP contribution in [0.5, 0.6) is 0 Å². The van der Waals surface area contributed by atoms with Crippen molar-refractivity contribution in [2.24, 2.45) is 0 Å². The van der Waals surface area contributed by atoms with E-state index in [9.17, 15) is 9.59 Å². The van der Waals surface area contributed by atoms with Gasteiger partial charge in [-0.1, -0.05) is 18.2 Å². The summed E-state index contributed by atoms with van der Waals surface area (Å²) < 4.78 is 9.25. The maximum atomic E-state index is 11.4. The molecule has 16 heavy (non-hydrogen) atoms. The van der Waals surface area contributed by atoms with Gasteiger partial charge in [0.25, 0.3) is 0 Å². The van der Waals surface area contributed by atoms with Crippen LogP contribution in [0.4, 0.5) is 10.5 Å². The van der Waals surface area contributed by atoms with Gasteiger partial charge in [0.2, 0.25) is 0 Å². The number of carbonyl (C=O) groups is 1. The van der Waals surface area contributed by atoms with Crippen molar-refractivity contribution < 1.29 is 13.9 Å². The van der Waals surface area contributed by atoms with Crippen LogP contribution in [0.3, 0.4) is 0 Å². The third-order valence-electron chi connectivity index (χ3n) is 2.14. The molecular formula is C11H9NO4. The highest BCUT2D eigenvalue weighted by Crippen LogP contribution is 2.19. The van der Waals surface area contributed by atoms with Crippen molar-refractivity contribution in [1.29, 1.82) is 0 Å². The highest BCUT2D eigenvalue weighted by molar-refractivity contribution is 5.98. The maximum Gasteiger partial charge on any atom is 0.411 e. The van der Waals surface area contributed by atoms with Gasteiger partial charge in [0.05, 0.1) is 18.2 Å². The predicted octanol–water partition coefficient (Wildman–Crippen LogP) is 1.97. The lowest BCUT2D eigenvalue weighted by Gasteiger charge is -2.05. The van der Waals surface area contributed by atoms with Gasteiger partial charge in [-0.05, 0) is 6.07 Å². The Morgan fingerprint density at radius 1 is 1.31 bits per heavy atom. The standard InChI is InChI=1S/C11H9NO4/c1-15-11(14)12-9-6-16-10(13)8-5-3-2-4-7(8)9/h2-6H,1H3,(H,12,14). The number of anilines is 1. The highest BCUT2D eigenvalue weighted by Gasteiger charge is 2.08. The van der Waals surface area contributed by atoms with Crippen molar-refractivity contribution in [2.75, 3.05) is 12.4 Å². The number of fused-ring (bicyclic) bond motifs is 1. The van der Waals surface area contributed by atoms with Crippen molar-refractivity contribution in [2.45, 2.75) is 0 Å². The molecule has 2 aromatic rings. The van der Waals surface area contributed by atoms with Gasteiger partial charge < -0.3 is 9.15 Å². The van der Waals surface area contributed by atoms with Gasteiger partial charge >= 0.3 is 11.7 Å². The molecule has 0 saturated heterocycles. The van der Waals surface area contributed by atoms with Crippen molar-refractivity contribution in [1.82, 2.24) is 0 Å². The van der Waals surface area contributed by atoms with Gasteiger partial charge in [0.1, 0.15) is 6.26 Å². The molecule has 0 bridgehead atoms. The molecule has 0 aliphatic rings. The van der Waals surface area contributed by atoms with Crippen molar-refractivity contribution in [3.63, 3.8) is 0 Å².